The highest BCUT2D eigenvalue weighted by Crippen LogP contribution is 2.37. The molecule has 0 aliphatic carbocycles. The monoisotopic (exact) mass is 325 g/mol. The molecule has 0 radical (unpaired) electrons. The molecule has 0 bridgehead atoms. The van der Waals surface area contributed by atoms with E-state index in [1.165, 1.54) is 18.2 Å². The molecule has 3 nitrogen and oxygen atoms in total. The lowest BCUT2D eigenvalue weighted by Crippen LogP contribution is -2.05. The molecule has 1 amide bonds. The normalized spacial score (nSPS) is 14.8. The molecule has 0 spiro atoms. The van der Waals surface area contributed by atoms with E-state index in [1.807, 2.05) is 0 Å². The van der Waals surface area contributed by atoms with Gasteiger partial charge < -0.3 is 10.4 Å². The highest BCUT2D eigenvalue weighted by molar-refractivity contribution is 6.32. The number of hydrogen-bond donors (Lipinski definition) is 2. The minimum Gasteiger partial charge on any atom is -0.383 e. The SMILES string of the molecule is O=C1Cc2cc(C(O)c3c(F)cccc3Cl)c(Cl)cc2N1. The van der Waals surface area contributed by atoms with Gasteiger partial charge >= 0.3 is 0 Å². The van der Waals surface area contributed by atoms with Gasteiger partial charge in [0.1, 0.15) is 11.9 Å². The van der Waals surface area contributed by atoms with Crippen molar-refractivity contribution in [3.05, 3.63) is 62.9 Å². The second-order valence-electron chi connectivity index (χ2n) is 4.79. The van der Waals surface area contributed by atoms with Gasteiger partial charge in [0.05, 0.1) is 6.42 Å². The Bertz CT molecular complexity index is 728. The number of halogens is 3. The number of fused-ring (bicyclic) bond motifs is 1. The standard InChI is InChI=1S/C15H10Cl2FNO2/c16-9-2-1-3-11(18)14(9)15(21)8-4-7-5-13(20)19-12(7)6-10(8)17/h1-4,6,15,21H,5H2,(H,19,20). The molecule has 6 heteroatoms. The van der Waals surface area contributed by atoms with Crippen molar-refractivity contribution < 1.29 is 14.3 Å². The molecule has 1 aliphatic heterocycles. The molecule has 3 rings (SSSR count). The molecule has 0 aromatic heterocycles. The van der Waals surface area contributed by atoms with Crippen LogP contribution in [-0.2, 0) is 11.2 Å². The van der Waals surface area contributed by atoms with Gasteiger partial charge in [-0.15, -0.1) is 0 Å². The summed E-state index contributed by atoms with van der Waals surface area (Å²) in [5.41, 5.74) is 1.61. The minimum absolute atomic E-state index is 0.0294. The average Bonchev–Trinajstić information content (AvgIpc) is 2.76. The van der Waals surface area contributed by atoms with Crippen LogP contribution in [0.3, 0.4) is 0 Å². The molecule has 2 aromatic rings. The van der Waals surface area contributed by atoms with E-state index in [-0.39, 0.29) is 27.9 Å². The smallest absolute Gasteiger partial charge is 0.228 e. The maximum absolute atomic E-state index is 13.9. The summed E-state index contributed by atoms with van der Waals surface area (Å²) in [7, 11) is 0. The van der Waals surface area contributed by atoms with E-state index in [9.17, 15) is 14.3 Å². The molecule has 1 unspecified atom stereocenters. The van der Waals surface area contributed by atoms with Crippen LogP contribution >= 0.6 is 23.2 Å². The maximum atomic E-state index is 13.9. The first-order chi connectivity index (χ1) is 9.97. The number of rotatable bonds is 2. The van der Waals surface area contributed by atoms with Crippen molar-refractivity contribution in [3.63, 3.8) is 0 Å². The van der Waals surface area contributed by atoms with Crippen molar-refractivity contribution in [3.8, 4) is 0 Å². The Labute approximate surface area is 130 Å². The predicted molar refractivity (Wildman–Crippen MR) is 79.3 cm³/mol. The molecule has 21 heavy (non-hydrogen) atoms. The summed E-state index contributed by atoms with van der Waals surface area (Å²) in [4.78, 5) is 11.4. The largest absolute Gasteiger partial charge is 0.383 e. The van der Waals surface area contributed by atoms with E-state index in [1.54, 1.807) is 12.1 Å². The third kappa shape index (κ3) is 2.50. The molecule has 0 fully saturated rings. The first kappa shape index (κ1) is 14.3. The number of aliphatic hydroxyl groups excluding tert-OH is 1. The van der Waals surface area contributed by atoms with Gasteiger partial charge in [-0.2, -0.15) is 0 Å². The lowest BCUT2D eigenvalue weighted by molar-refractivity contribution is -0.115. The fourth-order valence-corrected chi connectivity index (χ4v) is 2.94. The van der Waals surface area contributed by atoms with Gasteiger partial charge in [0.25, 0.3) is 0 Å². The minimum atomic E-state index is -1.30. The van der Waals surface area contributed by atoms with E-state index in [0.29, 0.717) is 16.8 Å². The summed E-state index contributed by atoms with van der Waals surface area (Å²) < 4.78 is 13.9. The Morgan fingerprint density at radius 1 is 1.24 bits per heavy atom. The number of carbonyl (C=O) groups excluding carboxylic acids is 1. The highest BCUT2D eigenvalue weighted by atomic mass is 35.5. The maximum Gasteiger partial charge on any atom is 0.228 e. The van der Waals surface area contributed by atoms with Crippen molar-refractivity contribution in [2.24, 2.45) is 0 Å². The van der Waals surface area contributed by atoms with Crippen LogP contribution in [0.25, 0.3) is 0 Å². The lowest BCUT2D eigenvalue weighted by Gasteiger charge is -2.16. The van der Waals surface area contributed by atoms with Gasteiger partial charge in [0.15, 0.2) is 0 Å². The van der Waals surface area contributed by atoms with E-state index in [2.05, 4.69) is 5.32 Å². The molecule has 0 saturated carbocycles. The van der Waals surface area contributed by atoms with Crippen LogP contribution in [0.15, 0.2) is 30.3 Å². The van der Waals surface area contributed by atoms with Crippen LogP contribution < -0.4 is 5.32 Å². The number of aliphatic hydroxyl groups is 1. The first-order valence-electron chi connectivity index (χ1n) is 6.21. The zero-order valence-corrected chi connectivity index (χ0v) is 12.2. The summed E-state index contributed by atoms with van der Waals surface area (Å²) >= 11 is 12.1. The van der Waals surface area contributed by atoms with Crippen LogP contribution in [-0.4, -0.2) is 11.0 Å². The van der Waals surface area contributed by atoms with Gasteiger partial charge in [-0.05, 0) is 29.8 Å². The van der Waals surface area contributed by atoms with E-state index < -0.39 is 11.9 Å². The number of anilines is 1. The quantitative estimate of drug-likeness (QED) is 0.884. The van der Waals surface area contributed by atoms with Gasteiger partial charge in [0, 0.05) is 26.9 Å². The summed E-state index contributed by atoms with van der Waals surface area (Å²) in [6.45, 7) is 0. The van der Waals surface area contributed by atoms with E-state index in [4.69, 9.17) is 23.2 Å². The Kier molecular flexibility index (Phi) is 3.61. The van der Waals surface area contributed by atoms with Gasteiger partial charge in [-0.1, -0.05) is 29.3 Å². The molecule has 1 heterocycles. The average molecular weight is 326 g/mol. The Hall–Kier alpha value is -1.62. The fraction of sp³-hybridized carbons (Fsp3) is 0.133. The van der Waals surface area contributed by atoms with Crippen LogP contribution in [0.5, 0.6) is 0 Å². The Morgan fingerprint density at radius 2 is 2.00 bits per heavy atom. The summed E-state index contributed by atoms with van der Waals surface area (Å²) in [6.07, 6.45) is -1.09. The third-order valence-corrected chi connectivity index (χ3v) is 4.07. The Morgan fingerprint density at radius 3 is 2.71 bits per heavy atom. The second-order valence-corrected chi connectivity index (χ2v) is 5.61. The van der Waals surface area contributed by atoms with Gasteiger partial charge in [0.2, 0.25) is 5.91 Å². The predicted octanol–water partition coefficient (Wildman–Crippen LogP) is 3.71. The summed E-state index contributed by atoms with van der Waals surface area (Å²) in [5, 5.41) is 13.4. The van der Waals surface area contributed by atoms with Crippen LogP contribution in [0.1, 0.15) is 22.8 Å². The molecule has 2 N–H and O–H groups in total. The third-order valence-electron chi connectivity index (χ3n) is 3.42. The molecule has 1 aliphatic rings. The summed E-state index contributed by atoms with van der Waals surface area (Å²) in [6, 6.07) is 7.32. The van der Waals surface area contributed by atoms with Crippen molar-refractivity contribution in [1.29, 1.82) is 0 Å². The zero-order valence-electron chi connectivity index (χ0n) is 10.7. The van der Waals surface area contributed by atoms with Crippen LogP contribution in [0.2, 0.25) is 10.0 Å². The van der Waals surface area contributed by atoms with Crippen molar-refractivity contribution in [1.82, 2.24) is 0 Å². The highest BCUT2D eigenvalue weighted by Gasteiger charge is 2.25. The molecule has 1 atom stereocenters. The number of hydrogen-bond acceptors (Lipinski definition) is 2. The molecule has 2 aromatic carbocycles. The number of benzene rings is 2. The van der Waals surface area contributed by atoms with Crippen LogP contribution in [0.4, 0.5) is 10.1 Å². The number of nitrogens with one attached hydrogen (secondary N) is 1. The zero-order chi connectivity index (χ0) is 15.1. The van der Waals surface area contributed by atoms with Crippen molar-refractivity contribution >= 4 is 34.8 Å². The van der Waals surface area contributed by atoms with E-state index >= 15 is 0 Å². The lowest BCUT2D eigenvalue weighted by atomic mass is 9.98. The van der Waals surface area contributed by atoms with Gasteiger partial charge in [-0.3, -0.25) is 4.79 Å². The van der Waals surface area contributed by atoms with Crippen molar-refractivity contribution in [2.75, 3.05) is 5.32 Å². The fourth-order valence-electron chi connectivity index (χ4n) is 2.40. The second kappa shape index (κ2) is 5.30. The molecule has 108 valence electrons. The molecular formula is C15H10Cl2FNO2. The van der Waals surface area contributed by atoms with Gasteiger partial charge in [-0.25, -0.2) is 4.39 Å². The number of amides is 1. The topological polar surface area (TPSA) is 49.3 Å². The van der Waals surface area contributed by atoms with Crippen molar-refractivity contribution in [2.45, 2.75) is 12.5 Å². The van der Waals surface area contributed by atoms with E-state index in [0.717, 1.165) is 0 Å². The van der Waals surface area contributed by atoms with Crippen LogP contribution in [0, 0.1) is 5.82 Å². The number of carbonyl (C=O) groups is 1. The first-order valence-corrected chi connectivity index (χ1v) is 6.97. The summed E-state index contributed by atoms with van der Waals surface area (Å²) in [5.74, 6) is -0.752. The Balaban J connectivity index is 2.09. The molecule has 0 saturated heterocycles. The molecular weight excluding hydrogens is 316 g/mol.